The molecule has 0 aliphatic carbocycles. The summed E-state index contributed by atoms with van der Waals surface area (Å²) in [6.45, 7) is 0. The summed E-state index contributed by atoms with van der Waals surface area (Å²) in [5.41, 5.74) is 14.6. The van der Waals surface area contributed by atoms with E-state index in [1.165, 1.54) is 44.2 Å². The fourth-order valence-electron chi connectivity index (χ4n) is 7.64. The van der Waals surface area contributed by atoms with Gasteiger partial charge in [0.05, 0.1) is 0 Å². The van der Waals surface area contributed by atoms with E-state index in [0.29, 0.717) is 0 Å². The third-order valence-electron chi connectivity index (χ3n) is 10.5. The highest BCUT2D eigenvalue weighted by atomic mass is 16.3. The van der Waals surface area contributed by atoms with Gasteiger partial charge in [0.25, 0.3) is 0 Å². The van der Waals surface area contributed by atoms with Crippen LogP contribution < -0.4 is 4.90 Å². The molecule has 1 aromatic heterocycles. The molecule has 0 N–H and O–H groups in total. The predicted molar refractivity (Wildman–Crippen MR) is 228 cm³/mol. The number of hydrogen-bond donors (Lipinski definition) is 0. The molecule has 10 aromatic rings. The molecule has 0 aliphatic rings. The van der Waals surface area contributed by atoms with E-state index in [1.807, 2.05) is 12.1 Å². The molecule has 0 saturated heterocycles. The van der Waals surface area contributed by atoms with Gasteiger partial charge in [-0.15, -0.1) is 0 Å². The molecular formula is C52H35NO. The first-order valence-electron chi connectivity index (χ1n) is 18.4. The van der Waals surface area contributed by atoms with E-state index in [4.69, 9.17) is 4.42 Å². The Labute approximate surface area is 314 Å². The van der Waals surface area contributed by atoms with E-state index < -0.39 is 0 Å². The lowest BCUT2D eigenvalue weighted by atomic mass is 9.98. The van der Waals surface area contributed by atoms with Crippen LogP contribution in [-0.2, 0) is 0 Å². The molecule has 0 fully saturated rings. The molecule has 1 heterocycles. The molecule has 0 radical (unpaired) electrons. The Kier molecular flexibility index (Phi) is 7.85. The van der Waals surface area contributed by atoms with Crippen LogP contribution in [-0.4, -0.2) is 0 Å². The zero-order valence-electron chi connectivity index (χ0n) is 29.6. The Morgan fingerprint density at radius 2 is 0.741 bits per heavy atom. The quantitative estimate of drug-likeness (QED) is 0.166. The Hall–Kier alpha value is -7.16. The van der Waals surface area contributed by atoms with Crippen molar-refractivity contribution in [2.75, 3.05) is 4.90 Å². The third kappa shape index (κ3) is 5.90. The molecule has 2 heteroatoms. The van der Waals surface area contributed by atoms with Crippen LogP contribution in [0.5, 0.6) is 0 Å². The topological polar surface area (TPSA) is 16.4 Å². The van der Waals surface area contributed by atoms with Crippen LogP contribution in [0, 0.1) is 0 Å². The number of benzene rings is 9. The summed E-state index contributed by atoms with van der Waals surface area (Å²) in [5, 5.41) is 4.78. The number of nitrogens with zero attached hydrogens (tertiary/aromatic N) is 1. The highest BCUT2D eigenvalue weighted by Crippen LogP contribution is 2.40. The average Bonchev–Trinajstić information content (AvgIpc) is 3.63. The van der Waals surface area contributed by atoms with Crippen LogP contribution >= 0.6 is 0 Å². The summed E-state index contributed by atoms with van der Waals surface area (Å²) in [6.07, 6.45) is 0. The number of rotatable bonds is 7. The molecule has 0 amide bonds. The van der Waals surface area contributed by atoms with Gasteiger partial charge in [-0.1, -0.05) is 152 Å². The fraction of sp³-hybridized carbons (Fsp3) is 0. The van der Waals surface area contributed by atoms with Gasteiger partial charge in [0.1, 0.15) is 11.2 Å². The van der Waals surface area contributed by atoms with Crippen molar-refractivity contribution in [3.05, 3.63) is 212 Å². The molecule has 0 spiro atoms. The van der Waals surface area contributed by atoms with Crippen molar-refractivity contribution >= 4 is 49.8 Å². The van der Waals surface area contributed by atoms with Crippen molar-refractivity contribution < 1.29 is 4.42 Å². The van der Waals surface area contributed by atoms with Crippen molar-refractivity contribution in [2.24, 2.45) is 0 Å². The molecule has 2 nitrogen and oxygen atoms in total. The molecule has 254 valence electrons. The lowest BCUT2D eigenvalue weighted by Crippen LogP contribution is -2.10. The van der Waals surface area contributed by atoms with Gasteiger partial charge in [-0.05, 0) is 116 Å². The van der Waals surface area contributed by atoms with Crippen molar-refractivity contribution in [2.45, 2.75) is 0 Å². The number of hydrogen-bond acceptors (Lipinski definition) is 2. The summed E-state index contributed by atoms with van der Waals surface area (Å²) in [5.74, 6) is 0. The molecule has 0 aliphatic heterocycles. The molecule has 0 bridgehead atoms. The highest BCUT2D eigenvalue weighted by molar-refractivity contribution is 6.06. The standard InChI is InChI=1S/C52H35NO/c1-2-9-36(10-3-1)39-23-28-46(29-24-39)53(48-14-8-13-43(34-48)45-27-32-52-50(35-45)49-15-6-7-16-51(49)54-52)47-30-25-40(26-31-47)38-17-19-41(20-18-38)44-22-21-37-11-4-5-12-42(37)33-44/h1-35H. The van der Waals surface area contributed by atoms with Crippen LogP contribution in [0.25, 0.3) is 77.2 Å². The largest absolute Gasteiger partial charge is 0.456 e. The number of anilines is 3. The number of para-hydroxylation sites is 1. The number of furan rings is 1. The predicted octanol–water partition coefficient (Wildman–Crippen LogP) is 14.9. The minimum absolute atomic E-state index is 0.902. The molecule has 0 atom stereocenters. The van der Waals surface area contributed by atoms with Crippen molar-refractivity contribution in [3.8, 4) is 44.5 Å². The smallest absolute Gasteiger partial charge is 0.135 e. The van der Waals surface area contributed by atoms with Gasteiger partial charge in [-0.25, -0.2) is 0 Å². The first-order chi connectivity index (χ1) is 26.7. The second kappa shape index (κ2) is 13.4. The summed E-state index contributed by atoms with van der Waals surface area (Å²) in [7, 11) is 0. The van der Waals surface area contributed by atoms with E-state index in [-0.39, 0.29) is 0 Å². The van der Waals surface area contributed by atoms with E-state index in [2.05, 4.69) is 205 Å². The first kappa shape index (κ1) is 31.6. The van der Waals surface area contributed by atoms with Gasteiger partial charge in [-0.3, -0.25) is 0 Å². The van der Waals surface area contributed by atoms with Crippen molar-refractivity contribution in [1.82, 2.24) is 0 Å². The van der Waals surface area contributed by atoms with E-state index in [9.17, 15) is 0 Å². The fourth-order valence-corrected chi connectivity index (χ4v) is 7.64. The Morgan fingerprint density at radius 3 is 1.46 bits per heavy atom. The molecule has 54 heavy (non-hydrogen) atoms. The molecule has 9 aromatic carbocycles. The van der Waals surface area contributed by atoms with Crippen LogP contribution in [0.4, 0.5) is 17.1 Å². The monoisotopic (exact) mass is 689 g/mol. The Bertz CT molecular complexity index is 2900. The summed E-state index contributed by atoms with van der Waals surface area (Å²) in [6, 6.07) is 76.0. The summed E-state index contributed by atoms with van der Waals surface area (Å²) in [4.78, 5) is 2.34. The lowest BCUT2D eigenvalue weighted by molar-refractivity contribution is 0.669. The van der Waals surface area contributed by atoms with Crippen LogP contribution in [0.2, 0.25) is 0 Å². The van der Waals surface area contributed by atoms with Gasteiger partial charge < -0.3 is 9.32 Å². The van der Waals surface area contributed by atoms with Crippen LogP contribution in [0.15, 0.2) is 217 Å². The lowest BCUT2D eigenvalue weighted by Gasteiger charge is -2.26. The van der Waals surface area contributed by atoms with Crippen molar-refractivity contribution in [3.63, 3.8) is 0 Å². The molecule has 10 rings (SSSR count). The SMILES string of the molecule is c1ccc(-c2ccc(N(c3ccc(-c4ccc(-c5ccc6ccccc6c5)cc4)cc3)c3cccc(-c4ccc5oc6ccccc6c5c4)c3)cc2)cc1. The second-order valence-corrected chi connectivity index (χ2v) is 13.8. The van der Waals surface area contributed by atoms with Gasteiger partial charge in [0.15, 0.2) is 0 Å². The first-order valence-corrected chi connectivity index (χ1v) is 18.4. The van der Waals surface area contributed by atoms with E-state index in [1.54, 1.807) is 0 Å². The van der Waals surface area contributed by atoms with Crippen molar-refractivity contribution in [1.29, 1.82) is 0 Å². The summed E-state index contributed by atoms with van der Waals surface area (Å²) >= 11 is 0. The normalized spacial score (nSPS) is 11.3. The van der Waals surface area contributed by atoms with E-state index in [0.717, 1.165) is 50.1 Å². The van der Waals surface area contributed by atoms with Gasteiger partial charge in [0, 0.05) is 27.8 Å². The van der Waals surface area contributed by atoms with E-state index >= 15 is 0 Å². The molecule has 0 unspecified atom stereocenters. The minimum atomic E-state index is 0.902. The van der Waals surface area contributed by atoms with Gasteiger partial charge in [0.2, 0.25) is 0 Å². The Balaban J connectivity index is 1.00. The summed E-state index contributed by atoms with van der Waals surface area (Å²) < 4.78 is 6.14. The average molecular weight is 690 g/mol. The van der Waals surface area contributed by atoms with Crippen LogP contribution in [0.1, 0.15) is 0 Å². The molecule has 0 saturated carbocycles. The zero-order chi connectivity index (χ0) is 35.8. The zero-order valence-corrected chi connectivity index (χ0v) is 29.6. The van der Waals surface area contributed by atoms with Gasteiger partial charge in [-0.2, -0.15) is 0 Å². The van der Waals surface area contributed by atoms with Crippen LogP contribution in [0.3, 0.4) is 0 Å². The minimum Gasteiger partial charge on any atom is -0.456 e. The third-order valence-corrected chi connectivity index (χ3v) is 10.5. The number of fused-ring (bicyclic) bond motifs is 4. The Morgan fingerprint density at radius 1 is 0.259 bits per heavy atom. The second-order valence-electron chi connectivity index (χ2n) is 13.8. The molecular weight excluding hydrogens is 655 g/mol. The maximum atomic E-state index is 6.14. The highest BCUT2D eigenvalue weighted by Gasteiger charge is 2.15. The van der Waals surface area contributed by atoms with Gasteiger partial charge >= 0.3 is 0 Å². The maximum Gasteiger partial charge on any atom is 0.135 e. The maximum absolute atomic E-state index is 6.14.